The Bertz CT molecular complexity index is 650. The predicted molar refractivity (Wildman–Crippen MR) is 107 cm³/mol. The van der Waals surface area contributed by atoms with Gasteiger partial charge in [-0.05, 0) is 92.8 Å². The molecule has 2 bridgehead atoms. The van der Waals surface area contributed by atoms with Crippen LogP contribution in [-0.2, 0) is 15.6 Å². The minimum Gasteiger partial charge on any atom is -0.481 e. The van der Waals surface area contributed by atoms with Crippen LogP contribution in [0.3, 0.4) is 0 Å². The summed E-state index contributed by atoms with van der Waals surface area (Å²) >= 11 is 0. The van der Waals surface area contributed by atoms with Crippen molar-refractivity contribution in [1.82, 2.24) is 0 Å². The van der Waals surface area contributed by atoms with Crippen LogP contribution in [0.25, 0.3) is 0 Å². The first-order valence-electron chi connectivity index (χ1n) is 10.9. The fourth-order valence-electron chi connectivity index (χ4n) is 8.43. The standard InChI is InChI=1S/C22H36O4S/c1-20-8-4-9-21(2,19(24)25)16(20)6-11-22-10-5-14(13-17(20)22)15(18(22)23)7-12-27(3)26/h14-18,23H,4-13H2,1-3H3,(H,24,25)/t14-,15+,16+,17+,18-,20-,21-,22+,27?/m1/s1. The highest BCUT2D eigenvalue weighted by molar-refractivity contribution is 7.84. The maximum Gasteiger partial charge on any atom is 0.309 e. The molecule has 0 amide bonds. The van der Waals surface area contributed by atoms with Gasteiger partial charge < -0.3 is 10.2 Å². The van der Waals surface area contributed by atoms with Crippen LogP contribution in [0, 0.1) is 39.9 Å². The van der Waals surface area contributed by atoms with Gasteiger partial charge in [0.15, 0.2) is 0 Å². The largest absolute Gasteiger partial charge is 0.481 e. The summed E-state index contributed by atoms with van der Waals surface area (Å²) in [6.45, 7) is 4.33. The first-order valence-corrected chi connectivity index (χ1v) is 12.6. The van der Waals surface area contributed by atoms with E-state index in [1.54, 1.807) is 6.26 Å². The van der Waals surface area contributed by atoms with Crippen LogP contribution in [0.2, 0.25) is 0 Å². The van der Waals surface area contributed by atoms with Crippen molar-refractivity contribution in [2.45, 2.75) is 77.7 Å². The van der Waals surface area contributed by atoms with Gasteiger partial charge in [0.2, 0.25) is 0 Å². The van der Waals surface area contributed by atoms with E-state index in [-0.39, 0.29) is 28.8 Å². The third kappa shape index (κ3) is 2.70. The molecule has 0 heterocycles. The number of hydrogen-bond acceptors (Lipinski definition) is 3. The Morgan fingerprint density at radius 1 is 1.11 bits per heavy atom. The molecule has 2 N–H and O–H groups in total. The average Bonchev–Trinajstić information content (AvgIpc) is 2.61. The monoisotopic (exact) mass is 396 g/mol. The number of carboxylic acids is 1. The van der Waals surface area contributed by atoms with Crippen molar-refractivity contribution >= 4 is 16.8 Å². The van der Waals surface area contributed by atoms with E-state index in [1.807, 2.05) is 6.92 Å². The zero-order chi connectivity index (χ0) is 19.6. The fourth-order valence-corrected chi connectivity index (χ4v) is 9.03. The molecular formula is C22H36O4S. The first-order chi connectivity index (χ1) is 12.6. The third-order valence-corrected chi connectivity index (χ3v) is 10.5. The lowest BCUT2D eigenvalue weighted by Gasteiger charge is -2.70. The lowest BCUT2D eigenvalue weighted by atomic mass is 9.35. The smallest absolute Gasteiger partial charge is 0.309 e. The Hall–Kier alpha value is -0.420. The molecule has 27 heavy (non-hydrogen) atoms. The van der Waals surface area contributed by atoms with E-state index in [0.717, 1.165) is 51.4 Å². The molecular weight excluding hydrogens is 360 g/mol. The normalized spacial score (nSPS) is 52.7. The van der Waals surface area contributed by atoms with Crippen molar-refractivity contribution in [2.24, 2.45) is 39.9 Å². The zero-order valence-corrected chi connectivity index (χ0v) is 17.9. The molecule has 0 aliphatic heterocycles. The van der Waals surface area contributed by atoms with Gasteiger partial charge in [0, 0.05) is 22.8 Å². The molecule has 5 aliphatic rings. The van der Waals surface area contributed by atoms with Crippen molar-refractivity contribution in [3.8, 4) is 0 Å². The van der Waals surface area contributed by atoms with Crippen molar-refractivity contribution in [3.05, 3.63) is 0 Å². The van der Waals surface area contributed by atoms with Gasteiger partial charge in [0.05, 0.1) is 11.5 Å². The van der Waals surface area contributed by atoms with E-state index in [0.29, 0.717) is 17.6 Å². The molecule has 0 radical (unpaired) electrons. The van der Waals surface area contributed by atoms with Gasteiger partial charge in [-0.2, -0.15) is 0 Å². The summed E-state index contributed by atoms with van der Waals surface area (Å²) in [5, 5.41) is 21.5. The Morgan fingerprint density at radius 2 is 1.81 bits per heavy atom. The van der Waals surface area contributed by atoms with E-state index >= 15 is 0 Å². The van der Waals surface area contributed by atoms with E-state index in [1.165, 1.54) is 6.42 Å². The van der Waals surface area contributed by atoms with Gasteiger partial charge in [0.1, 0.15) is 0 Å². The van der Waals surface area contributed by atoms with Gasteiger partial charge in [-0.3, -0.25) is 9.00 Å². The van der Waals surface area contributed by atoms with E-state index in [2.05, 4.69) is 6.92 Å². The van der Waals surface area contributed by atoms with E-state index in [9.17, 15) is 19.2 Å². The van der Waals surface area contributed by atoms with Crippen LogP contribution in [0.1, 0.15) is 71.6 Å². The Morgan fingerprint density at radius 3 is 2.48 bits per heavy atom. The number of carbonyl (C=O) groups is 1. The molecule has 1 spiro atoms. The second-order valence-corrected chi connectivity index (χ2v) is 12.2. The molecule has 154 valence electrons. The molecule has 0 aromatic heterocycles. The number of rotatable bonds is 4. The molecule has 5 rings (SSSR count). The van der Waals surface area contributed by atoms with Gasteiger partial charge >= 0.3 is 5.97 Å². The molecule has 4 nitrogen and oxygen atoms in total. The van der Waals surface area contributed by atoms with Crippen LogP contribution in [-0.4, -0.2) is 38.5 Å². The molecule has 0 saturated heterocycles. The summed E-state index contributed by atoms with van der Waals surface area (Å²) in [4.78, 5) is 12.2. The molecule has 0 aromatic carbocycles. The number of aliphatic carboxylic acids is 1. The molecule has 5 heteroatoms. The van der Waals surface area contributed by atoms with Crippen molar-refractivity contribution in [3.63, 3.8) is 0 Å². The summed E-state index contributed by atoms with van der Waals surface area (Å²) < 4.78 is 11.6. The zero-order valence-electron chi connectivity index (χ0n) is 17.1. The number of aliphatic hydroxyl groups is 1. The van der Waals surface area contributed by atoms with Crippen molar-refractivity contribution in [1.29, 1.82) is 0 Å². The summed E-state index contributed by atoms with van der Waals surface area (Å²) in [6.07, 6.45) is 10.6. The van der Waals surface area contributed by atoms with E-state index in [4.69, 9.17) is 0 Å². The quantitative estimate of drug-likeness (QED) is 0.757. The lowest BCUT2D eigenvalue weighted by molar-refractivity contribution is -0.244. The van der Waals surface area contributed by atoms with Gasteiger partial charge in [-0.25, -0.2) is 0 Å². The molecule has 1 unspecified atom stereocenters. The van der Waals surface area contributed by atoms with Crippen LogP contribution in [0.4, 0.5) is 0 Å². The number of fused-ring (bicyclic) bond motifs is 3. The van der Waals surface area contributed by atoms with Crippen LogP contribution in [0.15, 0.2) is 0 Å². The second-order valence-electron chi connectivity index (χ2n) is 10.7. The summed E-state index contributed by atoms with van der Waals surface area (Å²) in [5.74, 6) is 1.53. The molecule has 0 aromatic rings. The van der Waals surface area contributed by atoms with Crippen LogP contribution in [0.5, 0.6) is 0 Å². The Kier molecular flexibility index (Phi) is 4.82. The highest BCUT2D eigenvalue weighted by Crippen LogP contribution is 2.72. The topological polar surface area (TPSA) is 74.6 Å². The molecule has 5 saturated carbocycles. The summed E-state index contributed by atoms with van der Waals surface area (Å²) in [5.41, 5.74) is -0.618. The van der Waals surface area contributed by atoms with Crippen LogP contribution < -0.4 is 0 Å². The second kappa shape index (κ2) is 6.55. The third-order valence-electron chi connectivity index (χ3n) is 9.71. The van der Waals surface area contributed by atoms with Crippen molar-refractivity contribution < 1.29 is 19.2 Å². The minimum absolute atomic E-state index is 0.0296. The maximum atomic E-state index is 12.2. The van der Waals surface area contributed by atoms with Gasteiger partial charge in [0.25, 0.3) is 0 Å². The molecule has 5 aliphatic carbocycles. The Balaban J connectivity index is 1.66. The lowest BCUT2D eigenvalue weighted by Crippen LogP contribution is -2.66. The Labute approximate surface area is 166 Å². The summed E-state index contributed by atoms with van der Waals surface area (Å²) in [6, 6.07) is 0. The predicted octanol–water partition coefficient (Wildman–Crippen LogP) is 3.84. The maximum absolute atomic E-state index is 12.2. The van der Waals surface area contributed by atoms with Crippen LogP contribution >= 0.6 is 0 Å². The highest BCUT2D eigenvalue weighted by Gasteiger charge is 2.68. The molecule has 9 atom stereocenters. The minimum atomic E-state index is -0.803. The SMILES string of the molecule is CS(=O)CC[C@H]1[C@@H]2CC[C@@]3(CC[C@H]4[C@@](C)(CCC[C@@]4(C)C(=O)O)[C@@H]3C2)[C@@H]1O. The number of hydrogen-bond donors (Lipinski definition) is 2. The average molecular weight is 397 g/mol. The summed E-state index contributed by atoms with van der Waals surface area (Å²) in [7, 11) is -0.803. The first kappa shape index (κ1) is 19.9. The number of carboxylic acid groups (broad SMARTS) is 1. The van der Waals surface area contributed by atoms with Crippen molar-refractivity contribution in [2.75, 3.05) is 12.0 Å². The molecule has 5 fully saturated rings. The van der Waals surface area contributed by atoms with Gasteiger partial charge in [-0.1, -0.05) is 13.3 Å². The number of aliphatic hydroxyl groups excluding tert-OH is 1. The fraction of sp³-hybridized carbons (Fsp3) is 0.955. The highest BCUT2D eigenvalue weighted by atomic mass is 32.2. The van der Waals surface area contributed by atoms with E-state index < -0.39 is 22.2 Å². The van der Waals surface area contributed by atoms with Gasteiger partial charge in [-0.15, -0.1) is 0 Å².